The molecule has 2 aromatic heterocycles. The molecule has 0 radical (unpaired) electrons. The number of pyridine rings is 1. The normalized spacial score (nSPS) is 10.3. The second-order valence-corrected chi connectivity index (χ2v) is 3.47. The second kappa shape index (κ2) is 5.32. The van der Waals surface area contributed by atoms with Gasteiger partial charge in [-0.3, -0.25) is 0 Å². The summed E-state index contributed by atoms with van der Waals surface area (Å²) < 4.78 is 5.17. The van der Waals surface area contributed by atoms with Crippen molar-refractivity contribution in [2.75, 3.05) is 7.11 Å². The van der Waals surface area contributed by atoms with Gasteiger partial charge < -0.3 is 15.0 Å². The molecule has 2 N–H and O–H groups in total. The van der Waals surface area contributed by atoms with Gasteiger partial charge in [0.2, 0.25) is 5.88 Å². The van der Waals surface area contributed by atoms with Crippen LogP contribution in [0.15, 0.2) is 36.7 Å². The Bertz CT molecular complexity index is 426. The van der Waals surface area contributed by atoms with Crippen LogP contribution in [-0.2, 0) is 13.1 Å². The van der Waals surface area contributed by atoms with E-state index in [0.717, 1.165) is 18.7 Å². The van der Waals surface area contributed by atoms with E-state index in [1.165, 1.54) is 5.69 Å². The summed E-state index contributed by atoms with van der Waals surface area (Å²) >= 11 is 0. The zero-order valence-electron chi connectivity index (χ0n) is 9.23. The monoisotopic (exact) mass is 217 g/mol. The van der Waals surface area contributed by atoms with E-state index in [1.54, 1.807) is 13.3 Å². The van der Waals surface area contributed by atoms with Crippen LogP contribution in [0.5, 0.6) is 5.88 Å². The van der Waals surface area contributed by atoms with Crippen molar-refractivity contribution in [3.05, 3.63) is 47.9 Å². The highest BCUT2D eigenvalue weighted by molar-refractivity contribution is 5.25. The molecule has 2 aromatic rings. The fourth-order valence-electron chi connectivity index (χ4n) is 1.55. The number of nitrogens with one attached hydrogen (secondary N) is 2. The minimum atomic E-state index is 0.682. The molecule has 0 saturated heterocycles. The minimum absolute atomic E-state index is 0.682. The van der Waals surface area contributed by atoms with Crippen LogP contribution >= 0.6 is 0 Å². The topological polar surface area (TPSA) is 49.9 Å². The van der Waals surface area contributed by atoms with E-state index in [2.05, 4.69) is 15.3 Å². The summed E-state index contributed by atoms with van der Waals surface area (Å²) in [6.45, 7) is 1.56. The van der Waals surface area contributed by atoms with Crippen LogP contribution in [0.3, 0.4) is 0 Å². The number of ether oxygens (including phenoxy) is 1. The van der Waals surface area contributed by atoms with Gasteiger partial charge >= 0.3 is 0 Å². The Labute approximate surface area is 94.7 Å². The molecule has 0 bridgehead atoms. The molecular weight excluding hydrogens is 202 g/mol. The molecule has 84 valence electrons. The van der Waals surface area contributed by atoms with Gasteiger partial charge in [0.15, 0.2) is 0 Å². The van der Waals surface area contributed by atoms with Crippen molar-refractivity contribution in [3.63, 3.8) is 0 Å². The van der Waals surface area contributed by atoms with Crippen molar-refractivity contribution in [1.82, 2.24) is 15.3 Å². The maximum absolute atomic E-state index is 5.17. The van der Waals surface area contributed by atoms with Crippen molar-refractivity contribution < 1.29 is 4.74 Å². The molecule has 0 aliphatic carbocycles. The first-order valence-electron chi connectivity index (χ1n) is 5.21. The third-order valence-electron chi connectivity index (χ3n) is 2.34. The lowest BCUT2D eigenvalue weighted by molar-refractivity contribution is 0.390. The van der Waals surface area contributed by atoms with E-state index in [9.17, 15) is 0 Å². The first-order chi connectivity index (χ1) is 7.90. The molecule has 4 heteroatoms. The average molecular weight is 217 g/mol. The van der Waals surface area contributed by atoms with Crippen molar-refractivity contribution in [2.24, 2.45) is 0 Å². The molecule has 0 spiro atoms. The van der Waals surface area contributed by atoms with E-state index < -0.39 is 0 Å². The van der Waals surface area contributed by atoms with Gasteiger partial charge in [0, 0.05) is 36.7 Å². The van der Waals surface area contributed by atoms with Gasteiger partial charge in [-0.2, -0.15) is 0 Å². The Kier molecular flexibility index (Phi) is 3.56. The fourth-order valence-corrected chi connectivity index (χ4v) is 1.55. The summed E-state index contributed by atoms with van der Waals surface area (Å²) in [5.41, 5.74) is 2.24. The Hall–Kier alpha value is -1.81. The largest absolute Gasteiger partial charge is 0.481 e. The summed E-state index contributed by atoms with van der Waals surface area (Å²) in [5.74, 6) is 0.682. The van der Waals surface area contributed by atoms with E-state index >= 15 is 0 Å². The summed E-state index contributed by atoms with van der Waals surface area (Å²) in [6, 6.07) is 7.96. The Morgan fingerprint density at radius 1 is 1.31 bits per heavy atom. The lowest BCUT2D eigenvalue weighted by atomic mass is 10.2. The van der Waals surface area contributed by atoms with E-state index in [1.807, 2.05) is 30.5 Å². The van der Waals surface area contributed by atoms with Gasteiger partial charge in [0.25, 0.3) is 0 Å². The number of H-pyrrole nitrogens is 1. The number of nitrogens with zero attached hydrogens (tertiary/aromatic N) is 1. The third-order valence-corrected chi connectivity index (χ3v) is 2.34. The minimum Gasteiger partial charge on any atom is -0.481 e. The first-order valence-corrected chi connectivity index (χ1v) is 5.21. The quantitative estimate of drug-likeness (QED) is 0.801. The zero-order chi connectivity index (χ0) is 11.2. The third kappa shape index (κ3) is 2.61. The molecule has 0 fully saturated rings. The first kappa shape index (κ1) is 10.7. The lowest BCUT2D eigenvalue weighted by Crippen LogP contribution is -2.13. The number of hydrogen-bond acceptors (Lipinski definition) is 3. The van der Waals surface area contributed by atoms with Gasteiger partial charge in [0.05, 0.1) is 7.11 Å². The number of methoxy groups -OCH3 is 1. The maximum atomic E-state index is 5.17. The molecule has 2 heterocycles. The van der Waals surface area contributed by atoms with Crippen LogP contribution in [0.2, 0.25) is 0 Å². The molecule has 0 amide bonds. The lowest BCUT2D eigenvalue weighted by Gasteiger charge is -2.07. The molecule has 0 aliphatic rings. The highest BCUT2D eigenvalue weighted by Crippen LogP contribution is 2.12. The van der Waals surface area contributed by atoms with Crippen LogP contribution in [0, 0.1) is 0 Å². The maximum Gasteiger partial charge on any atom is 0.217 e. The van der Waals surface area contributed by atoms with E-state index in [-0.39, 0.29) is 0 Å². The van der Waals surface area contributed by atoms with Crippen LogP contribution < -0.4 is 10.1 Å². The number of hydrogen-bond donors (Lipinski definition) is 2. The van der Waals surface area contributed by atoms with Gasteiger partial charge in [-0.05, 0) is 18.2 Å². The zero-order valence-corrected chi connectivity index (χ0v) is 9.23. The summed E-state index contributed by atoms with van der Waals surface area (Å²) in [5, 5.41) is 3.33. The molecule has 0 aromatic carbocycles. The van der Waals surface area contributed by atoms with Crippen LogP contribution in [-0.4, -0.2) is 17.1 Å². The van der Waals surface area contributed by atoms with Gasteiger partial charge in [-0.25, -0.2) is 4.98 Å². The van der Waals surface area contributed by atoms with Gasteiger partial charge in [-0.1, -0.05) is 6.07 Å². The molecule has 0 atom stereocenters. The SMILES string of the molecule is COc1ncccc1CNCc1ccc[nH]1. The van der Waals surface area contributed by atoms with E-state index in [4.69, 9.17) is 4.74 Å². The summed E-state index contributed by atoms with van der Waals surface area (Å²) in [4.78, 5) is 7.29. The highest BCUT2D eigenvalue weighted by Gasteiger charge is 2.02. The Morgan fingerprint density at radius 2 is 2.25 bits per heavy atom. The fraction of sp³-hybridized carbons (Fsp3) is 0.250. The molecular formula is C12H15N3O. The van der Waals surface area contributed by atoms with Crippen molar-refractivity contribution in [2.45, 2.75) is 13.1 Å². The van der Waals surface area contributed by atoms with Gasteiger partial charge in [-0.15, -0.1) is 0 Å². The second-order valence-electron chi connectivity index (χ2n) is 3.47. The molecule has 16 heavy (non-hydrogen) atoms. The smallest absolute Gasteiger partial charge is 0.217 e. The summed E-state index contributed by atoms with van der Waals surface area (Å²) in [6.07, 6.45) is 3.65. The number of rotatable bonds is 5. The molecule has 0 saturated carbocycles. The predicted octanol–water partition coefficient (Wildman–Crippen LogP) is 1.71. The average Bonchev–Trinajstić information content (AvgIpc) is 2.83. The van der Waals surface area contributed by atoms with Crippen molar-refractivity contribution in [1.29, 1.82) is 0 Å². The number of aromatic nitrogens is 2. The van der Waals surface area contributed by atoms with Crippen LogP contribution in [0.1, 0.15) is 11.3 Å². The Balaban J connectivity index is 1.89. The Morgan fingerprint density at radius 3 is 3.00 bits per heavy atom. The summed E-state index contributed by atoms with van der Waals surface area (Å²) in [7, 11) is 1.64. The molecule has 0 unspecified atom stereocenters. The molecule has 0 aliphatic heterocycles. The standard InChI is InChI=1S/C12H15N3O/c1-16-12-10(4-2-7-15-12)8-13-9-11-5-3-6-14-11/h2-7,13-14H,8-9H2,1H3. The highest BCUT2D eigenvalue weighted by atomic mass is 16.5. The van der Waals surface area contributed by atoms with E-state index in [0.29, 0.717) is 5.88 Å². The van der Waals surface area contributed by atoms with Gasteiger partial charge in [0.1, 0.15) is 0 Å². The molecule has 2 rings (SSSR count). The van der Waals surface area contributed by atoms with Crippen molar-refractivity contribution >= 4 is 0 Å². The van der Waals surface area contributed by atoms with Crippen molar-refractivity contribution in [3.8, 4) is 5.88 Å². The van der Waals surface area contributed by atoms with Crippen LogP contribution in [0.4, 0.5) is 0 Å². The molecule has 4 nitrogen and oxygen atoms in total. The van der Waals surface area contributed by atoms with Crippen LogP contribution in [0.25, 0.3) is 0 Å². The predicted molar refractivity (Wildman–Crippen MR) is 62.1 cm³/mol. The number of aromatic amines is 1.